The number of hydrogen-bond donors (Lipinski definition) is 2. The van der Waals surface area contributed by atoms with E-state index in [1.807, 2.05) is 19.1 Å². The SMILES string of the molecule is CC(C)c1ccc(O)c(C[C@H](C)N)c1. The minimum Gasteiger partial charge on any atom is -0.508 e. The summed E-state index contributed by atoms with van der Waals surface area (Å²) in [5, 5.41) is 9.61. The topological polar surface area (TPSA) is 46.2 Å². The molecular weight excluding hydrogens is 174 g/mol. The van der Waals surface area contributed by atoms with Crippen molar-refractivity contribution in [2.24, 2.45) is 5.73 Å². The van der Waals surface area contributed by atoms with Gasteiger partial charge < -0.3 is 10.8 Å². The van der Waals surface area contributed by atoms with Crippen molar-refractivity contribution in [2.45, 2.75) is 39.2 Å². The Morgan fingerprint density at radius 3 is 2.43 bits per heavy atom. The van der Waals surface area contributed by atoms with Gasteiger partial charge in [-0.25, -0.2) is 0 Å². The van der Waals surface area contributed by atoms with Gasteiger partial charge in [0.25, 0.3) is 0 Å². The first kappa shape index (κ1) is 11.1. The Kier molecular flexibility index (Phi) is 3.53. The minimum atomic E-state index is 0.0864. The fourth-order valence-electron chi connectivity index (χ4n) is 1.47. The highest BCUT2D eigenvalue weighted by atomic mass is 16.3. The average molecular weight is 193 g/mol. The standard InChI is InChI=1S/C12H19NO/c1-8(2)10-4-5-12(14)11(7-10)6-9(3)13/h4-5,7-9,14H,6,13H2,1-3H3/t9-/m0/s1. The highest BCUT2D eigenvalue weighted by Crippen LogP contribution is 2.23. The summed E-state index contributed by atoms with van der Waals surface area (Å²) in [5.74, 6) is 0.842. The summed E-state index contributed by atoms with van der Waals surface area (Å²) in [6.07, 6.45) is 0.729. The zero-order chi connectivity index (χ0) is 10.7. The van der Waals surface area contributed by atoms with Gasteiger partial charge in [0.15, 0.2) is 0 Å². The summed E-state index contributed by atoms with van der Waals surface area (Å²) in [4.78, 5) is 0. The average Bonchev–Trinajstić information content (AvgIpc) is 2.07. The van der Waals surface area contributed by atoms with E-state index in [0.29, 0.717) is 11.7 Å². The molecule has 0 spiro atoms. The molecule has 1 rings (SSSR count). The van der Waals surface area contributed by atoms with Gasteiger partial charge in [-0.15, -0.1) is 0 Å². The van der Waals surface area contributed by atoms with E-state index in [1.54, 1.807) is 6.07 Å². The third kappa shape index (κ3) is 2.74. The zero-order valence-electron chi connectivity index (χ0n) is 9.12. The van der Waals surface area contributed by atoms with Crippen LogP contribution in [0.1, 0.15) is 37.8 Å². The van der Waals surface area contributed by atoms with Crippen molar-refractivity contribution >= 4 is 0 Å². The minimum absolute atomic E-state index is 0.0864. The summed E-state index contributed by atoms with van der Waals surface area (Å²) in [6.45, 7) is 6.23. The van der Waals surface area contributed by atoms with Crippen LogP contribution in [-0.2, 0) is 6.42 Å². The predicted molar refractivity (Wildman–Crippen MR) is 59.5 cm³/mol. The molecule has 14 heavy (non-hydrogen) atoms. The van der Waals surface area contributed by atoms with Crippen molar-refractivity contribution in [3.05, 3.63) is 29.3 Å². The largest absolute Gasteiger partial charge is 0.508 e. The van der Waals surface area contributed by atoms with Gasteiger partial charge in [-0.1, -0.05) is 26.0 Å². The second kappa shape index (κ2) is 4.47. The van der Waals surface area contributed by atoms with Crippen LogP contribution in [0.4, 0.5) is 0 Å². The van der Waals surface area contributed by atoms with Crippen LogP contribution in [0.2, 0.25) is 0 Å². The monoisotopic (exact) mass is 193 g/mol. The molecule has 1 aromatic rings. The van der Waals surface area contributed by atoms with Crippen LogP contribution in [-0.4, -0.2) is 11.1 Å². The van der Waals surface area contributed by atoms with Gasteiger partial charge in [0.05, 0.1) is 0 Å². The maximum atomic E-state index is 9.61. The summed E-state index contributed by atoms with van der Waals surface area (Å²) < 4.78 is 0. The van der Waals surface area contributed by atoms with E-state index in [1.165, 1.54) is 5.56 Å². The Bertz CT molecular complexity index is 305. The van der Waals surface area contributed by atoms with E-state index in [9.17, 15) is 5.11 Å². The highest BCUT2D eigenvalue weighted by Gasteiger charge is 2.07. The number of rotatable bonds is 3. The van der Waals surface area contributed by atoms with E-state index in [-0.39, 0.29) is 6.04 Å². The van der Waals surface area contributed by atoms with Crippen LogP contribution < -0.4 is 5.73 Å². The summed E-state index contributed by atoms with van der Waals surface area (Å²) in [5.41, 5.74) is 7.91. The molecule has 3 N–H and O–H groups in total. The third-order valence-corrected chi connectivity index (χ3v) is 2.31. The molecule has 1 atom stereocenters. The van der Waals surface area contributed by atoms with Crippen molar-refractivity contribution in [1.29, 1.82) is 0 Å². The molecule has 0 saturated carbocycles. The maximum Gasteiger partial charge on any atom is 0.118 e. The van der Waals surface area contributed by atoms with Gasteiger partial charge in [-0.05, 0) is 36.5 Å². The molecule has 2 nitrogen and oxygen atoms in total. The van der Waals surface area contributed by atoms with Crippen LogP contribution in [0, 0.1) is 0 Å². The first-order chi connectivity index (χ1) is 6.50. The van der Waals surface area contributed by atoms with Crippen LogP contribution in [0.25, 0.3) is 0 Å². The van der Waals surface area contributed by atoms with Gasteiger partial charge in [-0.3, -0.25) is 0 Å². The quantitative estimate of drug-likeness (QED) is 0.774. The molecule has 0 fully saturated rings. The summed E-state index contributed by atoms with van der Waals surface area (Å²) in [6, 6.07) is 5.85. The van der Waals surface area contributed by atoms with E-state index in [2.05, 4.69) is 13.8 Å². The Morgan fingerprint density at radius 2 is 1.93 bits per heavy atom. The molecule has 0 aliphatic rings. The van der Waals surface area contributed by atoms with E-state index in [4.69, 9.17) is 5.73 Å². The number of phenols is 1. The van der Waals surface area contributed by atoms with Crippen molar-refractivity contribution in [1.82, 2.24) is 0 Å². The number of phenolic OH excluding ortho intramolecular Hbond substituents is 1. The van der Waals surface area contributed by atoms with Gasteiger partial charge in [0.2, 0.25) is 0 Å². The lowest BCUT2D eigenvalue weighted by Crippen LogP contribution is -2.17. The summed E-state index contributed by atoms with van der Waals surface area (Å²) >= 11 is 0. The molecule has 0 aliphatic heterocycles. The second-order valence-corrected chi connectivity index (χ2v) is 4.22. The number of nitrogens with two attached hydrogens (primary N) is 1. The van der Waals surface area contributed by atoms with Crippen LogP contribution in [0.3, 0.4) is 0 Å². The fraction of sp³-hybridized carbons (Fsp3) is 0.500. The lowest BCUT2D eigenvalue weighted by molar-refractivity contribution is 0.465. The fourth-order valence-corrected chi connectivity index (χ4v) is 1.47. The second-order valence-electron chi connectivity index (χ2n) is 4.22. The van der Waals surface area contributed by atoms with Crippen molar-refractivity contribution in [3.8, 4) is 5.75 Å². The highest BCUT2D eigenvalue weighted by molar-refractivity contribution is 5.37. The molecule has 0 bridgehead atoms. The number of hydrogen-bond acceptors (Lipinski definition) is 2. The van der Waals surface area contributed by atoms with Crippen LogP contribution in [0.5, 0.6) is 5.75 Å². The molecule has 0 aliphatic carbocycles. The van der Waals surface area contributed by atoms with Gasteiger partial charge in [0, 0.05) is 6.04 Å². The van der Waals surface area contributed by atoms with Gasteiger partial charge in [0.1, 0.15) is 5.75 Å². The predicted octanol–water partition coefficient (Wildman–Crippen LogP) is 2.41. The van der Waals surface area contributed by atoms with E-state index >= 15 is 0 Å². The number of benzene rings is 1. The smallest absolute Gasteiger partial charge is 0.118 e. The molecular formula is C12H19NO. The van der Waals surface area contributed by atoms with E-state index < -0.39 is 0 Å². The Hall–Kier alpha value is -1.02. The van der Waals surface area contributed by atoms with Crippen molar-refractivity contribution in [3.63, 3.8) is 0 Å². The molecule has 0 radical (unpaired) electrons. The molecule has 78 valence electrons. The number of aromatic hydroxyl groups is 1. The van der Waals surface area contributed by atoms with Crippen LogP contribution in [0.15, 0.2) is 18.2 Å². The van der Waals surface area contributed by atoms with Crippen molar-refractivity contribution in [2.75, 3.05) is 0 Å². The van der Waals surface area contributed by atoms with Crippen LogP contribution >= 0.6 is 0 Å². The van der Waals surface area contributed by atoms with E-state index in [0.717, 1.165) is 12.0 Å². The molecule has 0 unspecified atom stereocenters. The third-order valence-electron chi connectivity index (χ3n) is 2.31. The molecule has 0 amide bonds. The molecule has 0 aromatic heterocycles. The van der Waals surface area contributed by atoms with Crippen molar-refractivity contribution < 1.29 is 5.11 Å². The first-order valence-electron chi connectivity index (χ1n) is 5.08. The Balaban J connectivity index is 2.96. The molecule has 0 saturated heterocycles. The zero-order valence-corrected chi connectivity index (χ0v) is 9.12. The molecule has 1 aromatic carbocycles. The normalized spacial score (nSPS) is 13.2. The summed E-state index contributed by atoms with van der Waals surface area (Å²) in [7, 11) is 0. The van der Waals surface area contributed by atoms with Gasteiger partial charge in [-0.2, -0.15) is 0 Å². The lowest BCUT2D eigenvalue weighted by atomic mass is 9.97. The Morgan fingerprint density at radius 1 is 1.29 bits per heavy atom. The lowest BCUT2D eigenvalue weighted by Gasteiger charge is -2.11. The Labute approximate surface area is 85.8 Å². The molecule has 0 heterocycles. The first-order valence-corrected chi connectivity index (χ1v) is 5.08. The maximum absolute atomic E-state index is 9.61. The molecule has 2 heteroatoms. The van der Waals surface area contributed by atoms with Gasteiger partial charge >= 0.3 is 0 Å².